The Labute approximate surface area is 454 Å². The molecule has 4 rings (SSSR count). The van der Waals surface area contributed by atoms with Crippen LogP contribution < -0.4 is 5.73 Å². The smallest absolute Gasteiger partial charge is 0.218 e. The van der Waals surface area contributed by atoms with Gasteiger partial charge in [0.1, 0.15) is 5.82 Å². The number of benzene rings is 3. The average Bonchev–Trinajstić information content (AvgIpc) is 3.64. The first kappa shape index (κ1) is 106. The Morgan fingerprint density at radius 2 is 1.07 bits per heavy atom. The van der Waals surface area contributed by atoms with Crippen LogP contribution >= 0.6 is 11.6 Å². The van der Waals surface area contributed by atoms with Gasteiger partial charge in [-0.25, -0.2) is 4.98 Å². The summed E-state index contributed by atoms with van der Waals surface area (Å²) < 4.78 is 4.84. The monoisotopic (exact) mass is 981 g/mol. The normalized spacial score (nSPS) is 6.42. The molecule has 0 aliphatic heterocycles. The zero-order valence-corrected chi connectivity index (χ0v) is 40.8. The van der Waals surface area contributed by atoms with Crippen molar-refractivity contribution in [3.05, 3.63) is 108 Å². The van der Waals surface area contributed by atoms with Crippen molar-refractivity contribution in [2.45, 2.75) is 140 Å². The minimum absolute atomic E-state index is 0. The van der Waals surface area contributed by atoms with Gasteiger partial charge < -0.3 is 15.5 Å². The van der Waals surface area contributed by atoms with Crippen LogP contribution in [0.15, 0.2) is 82.5 Å². The van der Waals surface area contributed by atoms with Gasteiger partial charge in [-0.15, -0.1) is 112 Å². The number of hydrogen-bond donors (Lipinski definition) is 2. The second-order valence-corrected chi connectivity index (χ2v) is 6.57. The summed E-state index contributed by atoms with van der Waals surface area (Å²) in [5, 5.41) is 22.7. The van der Waals surface area contributed by atoms with E-state index in [4.69, 9.17) is 20.7 Å². The van der Waals surface area contributed by atoms with Crippen molar-refractivity contribution in [3.63, 3.8) is 0 Å². The predicted octanol–water partition coefficient (Wildman–Crippen LogP) is 14.3. The number of oxime groups is 1. The fraction of sp³-hybridized carbons (Fsp3) is 0.465. The van der Waals surface area contributed by atoms with Crippen molar-refractivity contribution in [2.75, 3.05) is 0 Å². The van der Waals surface area contributed by atoms with Crippen molar-refractivity contribution in [1.29, 1.82) is 5.26 Å². The molecule has 0 aliphatic rings. The van der Waals surface area contributed by atoms with Gasteiger partial charge in [0.2, 0.25) is 11.1 Å². The third kappa shape index (κ3) is 80.5. The van der Waals surface area contributed by atoms with Crippen LogP contribution in [0.4, 0.5) is 0 Å². The van der Waals surface area contributed by atoms with E-state index in [9.17, 15) is 4.79 Å². The molecule has 57 heavy (non-hydrogen) atoms. The molecule has 1 aromatic heterocycles. The Morgan fingerprint density at radius 3 is 1.30 bits per heavy atom. The molecule has 0 saturated carbocycles. The third-order valence-electron chi connectivity index (χ3n) is 3.40. The average molecular weight is 982 g/mol. The van der Waals surface area contributed by atoms with E-state index < -0.39 is 0 Å². The van der Waals surface area contributed by atoms with Crippen molar-refractivity contribution in [2.24, 2.45) is 10.9 Å². The molecule has 0 amide bonds. The number of carbonyl (C=O) groups is 1. The summed E-state index contributed by atoms with van der Waals surface area (Å²) >= 11 is 4.64. The number of nitriles is 1. The maximum atomic E-state index is 9.21. The van der Waals surface area contributed by atoms with Crippen LogP contribution in [-0.2, 0) is 60.5 Å². The number of aryl methyl sites for hydroxylation is 1. The van der Waals surface area contributed by atoms with Crippen LogP contribution in [0.5, 0.6) is 0 Å². The summed E-state index contributed by atoms with van der Waals surface area (Å²) in [6.45, 7) is 31.1. The fourth-order valence-corrected chi connectivity index (χ4v) is 2.01. The summed E-state index contributed by atoms with van der Waals surface area (Å²) in [5.74, 6) is 1.25. The predicted molar refractivity (Wildman–Crippen MR) is 234 cm³/mol. The van der Waals surface area contributed by atoms with E-state index in [1.54, 1.807) is 37.3 Å². The largest absolute Gasteiger partial charge is 0.419 e. The van der Waals surface area contributed by atoms with Gasteiger partial charge in [-0.1, -0.05) is 132 Å². The summed E-state index contributed by atoms with van der Waals surface area (Å²) in [6.07, 6.45) is 0. The molecule has 0 aliphatic carbocycles. The summed E-state index contributed by atoms with van der Waals surface area (Å²) in [7, 11) is 0. The molecule has 8 nitrogen and oxygen atoms in total. The number of amidine groups is 1. The number of carbonyl (C=O) groups excluding carboxylic acids is 1. The van der Waals surface area contributed by atoms with Crippen LogP contribution in [0.3, 0.4) is 0 Å². The minimum Gasteiger partial charge on any atom is -0.419 e. The SMILES string of the molecule is C.C.C.C.CC.CC.CC.CC.CC.CC.CC.CC(=O)Cl.Cc1nc(-c2[c-]cccc2)no1.N#Cc1[c-]cccc1.NC(=NO)c1[c-]cccc1.[Ar].[Ar].[V].[V].[V]. The van der Waals surface area contributed by atoms with Crippen LogP contribution in [0, 0.1) is 112 Å². The Morgan fingerprint density at radius 1 is 0.719 bits per heavy atom. The van der Waals surface area contributed by atoms with Gasteiger partial charge in [-0.3, -0.25) is 10.1 Å². The summed E-state index contributed by atoms with van der Waals surface area (Å²) in [6, 6.07) is 32.2. The van der Waals surface area contributed by atoms with Gasteiger partial charge in [0, 0.05) is 145 Å². The summed E-state index contributed by atoms with van der Waals surface area (Å²) in [4.78, 5) is 13.3. The number of hydrogen-bond acceptors (Lipinski definition) is 7. The zero-order valence-electron chi connectivity index (χ0n) is 34.5. The Hall–Kier alpha value is -0.207. The van der Waals surface area contributed by atoms with E-state index in [0.717, 1.165) is 5.56 Å². The van der Waals surface area contributed by atoms with Crippen LogP contribution in [0.1, 0.15) is 151 Å². The van der Waals surface area contributed by atoms with Crippen LogP contribution in [0.2, 0.25) is 0 Å². The van der Waals surface area contributed by atoms with E-state index in [-0.39, 0.29) is 172 Å². The van der Waals surface area contributed by atoms with Gasteiger partial charge in [0.25, 0.3) is 0 Å². The first-order chi connectivity index (χ1) is 23.4. The molecule has 0 bridgehead atoms. The topological polar surface area (TPSA) is 138 Å². The molecule has 0 atom stereocenters. The van der Waals surface area contributed by atoms with E-state index >= 15 is 0 Å². The van der Waals surface area contributed by atoms with E-state index in [0.29, 0.717) is 22.8 Å². The molecular formula is C43H79Ar2ClN5O3V3-3. The van der Waals surface area contributed by atoms with Gasteiger partial charge in [0.05, 0.1) is 5.84 Å². The van der Waals surface area contributed by atoms with Crippen molar-refractivity contribution >= 4 is 22.7 Å². The second kappa shape index (κ2) is 101. The number of nitrogens with zero attached hydrogens (tertiary/aromatic N) is 4. The maximum Gasteiger partial charge on any atom is 0.218 e. The van der Waals surface area contributed by atoms with Crippen molar-refractivity contribution in [1.82, 2.24) is 10.1 Å². The fourth-order valence-electron chi connectivity index (χ4n) is 2.01. The molecule has 0 fully saturated rings. The van der Waals surface area contributed by atoms with E-state index in [2.05, 4.69) is 45.1 Å². The van der Waals surface area contributed by atoms with Gasteiger partial charge in [-0.05, 0) is 17.7 Å². The molecule has 0 unspecified atom stereocenters. The van der Waals surface area contributed by atoms with Gasteiger partial charge >= 0.3 is 0 Å². The number of halogens is 1. The molecule has 335 valence electrons. The molecule has 4 aromatic rings. The standard InChI is InChI=1S/C9H7N2O.C7H7N2O.C7H4N.C2H3ClO.7C2H6.4CH4.2Ar.3V/c1-7-10-9(11-12-7)8-5-3-2-4-6-8;8-7(9-10)6-4-2-1-3-5-6;8-6-7-4-2-1-3-5-7;1-2(3)4;7*1-2;;;;;;;;;/h2-5H,1H3;1-4,10H,(H2,8,9);1-4H;1H3;7*1-2H3;4*1H4;;;;;/q3*-1;;;;;;;;;;;;;;;;;. The third-order valence-corrected chi connectivity index (χ3v) is 3.40. The second-order valence-electron chi connectivity index (χ2n) is 6.03. The number of nitrogens with two attached hydrogens (primary N) is 1. The molecule has 1 heterocycles. The molecule has 0 saturated heterocycles. The number of aromatic nitrogens is 2. The van der Waals surface area contributed by atoms with Crippen LogP contribution in [0.25, 0.3) is 11.4 Å². The van der Waals surface area contributed by atoms with Crippen molar-refractivity contribution in [3.8, 4) is 17.5 Å². The van der Waals surface area contributed by atoms with E-state index in [1.807, 2.05) is 145 Å². The number of rotatable bonds is 2. The molecule has 3 radical (unpaired) electrons. The molecular weight excluding hydrogens is 903 g/mol. The zero-order chi connectivity index (χ0) is 39.2. The quantitative estimate of drug-likeness (QED) is 0.0509. The molecule has 0 spiro atoms. The van der Waals surface area contributed by atoms with Gasteiger partial charge in [-0.2, -0.15) is 0 Å². The Balaban J connectivity index is -0.0000000249. The minimum atomic E-state index is -0.361. The molecule has 3 aromatic carbocycles. The summed E-state index contributed by atoms with van der Waals surface area (Å²) in [5.41, 5.74) is 7.31. The Kier molecular flexibility index (Phi) is 188. The maximum absolute atomic E-state index is 9.21. The van der Waals surface area contributed by atoms with Gasteiger partial charge in [0.15, 0.2) is 0 Å². The molecule has 3 N–H and O–H groups in total. The first-order valence-corrected chi connectivity index (χ1v) is 17.0. The molecule has 14 heteroatoms. The van der Waals surface area contributed by atoms with Crippen molar-refractivity contribution < 1.29 is 146 Å². The first-order valence-electron chi connectivity index (χ1n) is 16.6. The van der Waals surface area contributed by atoms with E-state index in [1.165, 1.54) is 6.92 Å². The Bertz CT molecular complexity index is 1210. The van der Waals surface area contributed by atoms with Crippen LogP contribution in [-0.4, -0.2) is 26.4 Å².